The average Bonchev–Trinajstić information content (AvgIpc) is 2.73. The first-order chi connectivity index (χ1) is 15.8. The number of nitrogens with one attached hydrogen (secondary N) is 3. The number of primary amides is 1. The summed E-state index contributed by atoms with van der Waals surface area (Å²) < 4.78 is 0. The molecule has 0 fully saturated rings. The lowest BCUT2D eigenvalue weighted by atomic mass is 10.0. The molecule has 188 valence electrons. The molecule has 0 saturated heterocycles. The maximum absolute atomic E-state index is 12.8. The third kappa shape index (κ3) is 9.83. The van der Waals surface area contributed by atoms with Crippen LogP contribution in [0, 0.1) is 5.92 Å². The Labute approximate surface area is 195 Å². The number of phenols is 1. The van der Waals surface area contributed by atoms with Crippen molar-refractivity contribution in [2.24, 2.45) is 17.4 Å². The van der Waals surface area contributed by atoms with Crippen molar-refractivity contribution in [3.63, 3.8) is 0 Å². The third-order valence-corrected chi connectivity index (χ3v) is 4.62. The van der Waals surface area contributed by atoms with Gasteiger partial charge in [0.2, 0.25) is 29.9 Å². The number of carbonyl (C=O) groups is 5. The predicted molar refractivity (Wildman–Crippen MR) is 119 cm³/mol. The van der Waals surface area contributed by atoms with Gasteiger partial charge in [-0.25, -0.2) is 4.79 Å². The second-order valence-electron chi connectivity index (χ2n) is 8.15. The standard InChI is InChI=1S/C21H31N5O8/c1-10(2)7-14(24-17(29)13(22)8-11-3-5-12(27)6-4-11)18(30)25-15(9-16(23)28)19(31)26-20(32)21(33)34/h3-6,10,13-15,20,27,32H,7-9,22H2,1-2H3,(H2,23,28)(H,24,29)(H,25,30)(H,26,31)(H,33,34)/t13-,14+,15+,20?/m1/s1. The zero-order valence-electron chi connectivity index (χ0n) is 18.9. The number of aromatic hydroxyl groups is 1. The molecule has 0 aliphatic heterocycles. The lowest BCUT2D eigenvalue weighted by Gasteiger charge is -2.25. The van der Waals surface area contributed by atoms with Crippen LogP contribution in [0.4, 0.5) is 0 Å². The molecular weight excluding hydrogens is 450 g/mol. The molecule has 1 rings (SSSR count). The quantitative estimate of drug-likeness (QED) is 0.141. The first-order valence-electron chi connectivity index (χ1n) is 10.4. The second-order valence-corrected chi connectivity index (χ2v) is 8.15. The SMILES string of the molecule is CC(C)C[C@H](NC(=O)[C@H](N)Cc1ccc(O)cc1)C(=O)N[C@@H](CC(N)=O)C(=O)NC(O)C(=O)O. The van der Waals surface area contributed by atoms with Crippen LogP contribution in [0.1, 0.15) is 32.3 Å². The molecule has 1 aromatic rings. The fraction of sp³-hybridized carbons (Fsp3) is 0.476. The van der Waals surface area contributed by atoms with Gasteiger partial charge in [0.1, 0.15) is 17.8 Å². The second kappa shape index (κ2) is 13.1. The topological polar surface area (TPSA) is 234 Å². The van der Waals surface area contributed by atoms with Crippen molar-refractivity contribution < 1.29 is 39.3 Å². The Kier molecular flexibility index (Phi) is 10.9. The highest BCUT2D eigenvalue weighted by atomic mass is 16.4. The van der Waals surface area contributed by atoms with Gasteiger partial charge >= 0.3 is 5.97 Å². The number of aliphatic carboxylic acids is 1. The molecule has 4 amide bonds. The smallest absolute Gasteiger partial charge is 0.353 e. The van der Waals surface area contributed by atoms with Crippen LogP contribution in [0.15, 0.2) is 24.3 Å². The van der Waals surface area contributed by atoms with Crippen LogP contribution in [0.25, 0.3) is 0 Å². The summed E-state index contributed by atoms with van der Waals surface area (Å²) in [4.78, 5) is 59.8. The molecule has 1 unspecified atom stereocenters. The lowest BCUT2D eigenvalue weighted by molar-refractivity contribution is -0.151. The van der Waals surface area contributed by atoms with E-state index in [1.165, 1.54) is 12.1 Å². The van der Waals surface area contributed by atoms with E-state index >= 15 is 0 Å². The Balaban J connectivity index is 2.92. The van der Waals surface area contributed by atoms with E-state index < -0.39 is 60.4 Å². The van der Waals surface area contributed by atoms with Gasteiger partial charge in [-0.15, -0.1) is 0 Å². The van der Waals surface area contributed by atoms with E-state index in [0.717, 1.165) is 0 Å². The first-order valence-corrected chi connectivity index (χ1v) is 10.4. The van der Waals surface area contributed by atoms with Crippen molar-refractivity contribution in [3.8, 4) is 5.75 Å². The first kappa shape index (κ1) is 28.3. The average molecular weight is 482 g/mol. The largest absolute Gasteiger partial charge is 0.508 e. The number of carboxylic acids is 1. The molecule has 0 saturated carbocycles. The van der Waals surface area contributed by atoms with E-state index in [1.54, 1.807) is 31.3 Å². The van der Waals surface area contributed by atoms with Gasteiger partial charge in [-0.05, 0) is 36.5 Å². The minimum atomic E-state index is -2.26. The van der Waals surface area contributed by atoms with Crippen LogP contribution in [0.3, 0.4) is 0 Å². The van der Waals surface area contributed by atoms with Crippen LogP contribution in [-0.2, 0) is 30.4 Å². The normalized spacial score (nSPS) is 14.4. The molecule has 10 N–H and O–H groups in total. The van der Waals surface area contributed by atoms with E-state index in [0.29, 0.717) is 5.56 Å². The van der Waals surface area contributed by atoms with Gasteiger partial charge in [0.05, 0.1) is 12.5 Å². The summed E-state index contributed by atoms with van der Waals surface area (Å²) >= 11 is 0. The fourth-order valence-corrected chi connectivity index (χ4v) is 2.94. The van der Waals surface area contributed by atoms with Crippen molar-refractivity contribution in [1.82, 2.24) is 16.0 Å². The summed E-state index contributed by atoms with van der Waals surface area (Å²) in [5, 5.41) is 33.9. The van der Waals surface area contributed by atoms with Crippen molar-refractivity contribution >= 4 is 29.6 Å². The Morgan fingerprint density at radius 2 is 1.44 bits per heavy atom. The van der Waals surface area contributed by atoms with Gasteiger partial charge in [-0.3, -0.25) is 19.2 Å². The number of amides is 4. The maximum atomic E-state index is 12.8. The number of aliphatic hydroxyl groups is 1. The van der Waals surface area contributed by atoms with Gasteiger partial charge in [-0.2, -0.15) is 0 Å². The highest BCUT2D eigenvalue weighted by Crippen LogP contribution is 2.12. The molecule has 34 heavy (non-hydrogen) atoms. The van der Waals surface area contributed by atoms with Gasteiger partial charge in [0.15, 0.2) is 0 Å². The van der Waals surface area contributed by atoms with E-state index in [-0.39, 0.29) is 24.5 Å². The molecular formula is C21H31N5O8. The number of phenolic OH excluding ortho intramolecular Hbond substituents is 1. The summed E-state index contributed by atoms with van der Waals surface area (Å²) in [6.45, 7) is 3.58. The monoisotopic (exact) mass is 481 g/mol. The van der Waals surface area contributed by atoms with Crippen molar-refractivity contribution in [1.29, 1.82) is 0 Å². The van der Waals surface area contributed by atoms with E-state index in [4.69, 9.17) is 16.6 Å². The molecule has 0 aliphatic rings. The maximum Gasteiger partial charge on any atom is 0.353 e. The molecule has 0 radical (unpaired) electrons. The molecule has 13 nitrogen and oxygen atoms in total. The van der Waals surface area contributed by atoms with Crippen molar-refractivity contribution in [3.05, 3.63) is 29.8 Å². The molecule has 13 heteroatoms. The Morgan fingerprint density at radius 3 is 1.94 bits per heavy atom. The summed E-state index contributed by atoms with van der Waals surface area (Å²) in [5.41, 5.74) is 11.7. The Bertz CT molecular complexity index is 890. The van der Waals surface area contributed by atoms with E-state index in [9.17, 15) is 34.2 Å². The minimum Gasteiger partial charge on any atom is -0.508 e. The van der Waals surface area contributed by atoms with Crippen LogP contribution < -0.4 is 27.4 Å². The van der Waals surface area contributed by atoms with Crippen molar-refractivity contribution in [2.45, 2.75) is 57.5 Å². The van der Waals surface area contributed by atoms with Crippen LogP contribution in [0.5, 0.6) is 5.75 Å². The van der Waals surface area contributed by atoms with Crippen LogP contribution >= 0.6 is 0 Å². The number of rotatable bonds is 13. The van der Waals surface area contributed by atoms with Gasteiger partial charge in [-0.1, -0.05) is 26.0 Å². The number of benzene rings is 1. The zero-order chi connectivity index (χ0) is 26.0. The number of carbonyl (C=O) groups excluding carboxylic acids is 4. The minimum absolute atomic E-state index is 0.0564. The summed E-state index contributed by atoms with van der Waals surface area (Å²) in [6.07, 6.45) is -2.65. The molecule has 0 aromatic heterocycles. The van der Waals surface area contributed by atoms with Gasteiger partial charge in [0, 0.05) is 0 Å². The predicted octanol–water partition coefficient (Wildman–Crippen LogP) is -2.33. The Hall–Kier alpha value is -3.71. The number of hydrogen-bond acceptors (Lipinski definition) is 8. The van der Waals surface area contributed by atoms with Crippen LogP contribution in [-0.4, -0.2) is 69.3 Å². The van der Waals surface area contributed by atoms with Crippen molar-refractivity contribution in [2.75, 3.05) is 0 Å². The van der Waals surface area contributed by atoms with Gasteiger partial charge in [0.25, 0.3) is 0 Å². The van der Waals surface area contributed by atoms with E-state index in [2.05, 4.69) is 10.6 Å². The summed E-state index contributed by atoms with van der Waals surface area (Å²) in [7, 11) is 0. The molecule has 0 bridgehead atoms. The Morgan fingerprint density at radius 1 is 0.912 bits per heavy atom. The number of hydrogen-bond donors (Lipinski definition) is 8. The fourth-order valence-electron chi connectivity index (χ4n) is 2.94. The molecule has 4 atom stereocenters. The van der Waals surface area contributed by atoms with Crippen LogP contribution in [0.2, 0.25) is 0 Å². The highest BCUT2D eigenvalue weighted by molar-refractivity contribution is 5.95. The summed E-state index contributed by atoms with van der Waals surface area (Å²) in [6, 6.07) is 2.34. The molecule has 1 aromatic carbocycles. The molecule has 0 aliphatic carbocycles. The lowest BCUT2D eigenvalue weighted by Crippen LogP contribution is -2.58. The highest BCUT2D eigenvalue weighted by Gasteiger charge is 2.31. The molecule has 0 spiro atoms. The number of carboxylic acid groups (broad SMARTS) is 1. The summed E-state index contributed by atoms with van der Waals surface area (Å²) in [5.74, 6) is -5.35. The van der Waals surface area contributed by atoms with Gasteiger partial charge < -0.3 is 42.7 Å². The molecule has 0 heterocycles. The third-order valence-electron chi connectivity index (χ3n) is 4.62. The number of aliphatic hydroxyl groups excluding tert-OH is 1. The van der Waals surface area contributed by atoms with E-state index in [1.807, 2.05) is 0 Å². The number of nitrogens with two attached hydrogens (primary N) is 2. The zero-order valence-corrected chi connectivity index (χ0v) is 18.9.